The Balaban J connectivity index is 0.00000280. The minimum absolute atomic E-state index is 0. The van der Waals surface area contributed by atoms with Crippen molar-refractivity contribution < 1.29 is 4.74 Å². The van der Waals surface area contributed by atoms with Gasteiger partial charge in [-0.15, -0.1) is 34.2 Å². The standard InChI is InChI=1S/C20H30N6O.HI/c1-14-8-5-6-10-18(14)15(2)23-20(21-12-17-9-7-11-27-17)22-13-19-25-24-16(3)26(19)4;/h5-6,8,10,15,17H,7,9,11-13H2,1-4H3,(H2,21,22,23);1H. The lowest BCUT2D eigenvalue weighted by atomic mass is 10.0. The molecular weight excluding hydrogens is 467 g/mol. The summed E-state index contributed by atoms with van der Waals surface area (Å²) in [5.41, 5.74) is 2.53. The highest BCUT2D eigenvalue weighted by atomic mass is 127. The predicted molar refractivity (Wildman–Crippen MR) is 122 cm³/mol. The van der Waals surface area contributed by atoms with Gasteiger partial charge in [0.2, 0.25) is 0 Å². The number of benzene rings is 1. The van der Waals surface area contributed by atoms with E-state index in [4.69, 9.17) is 9.73 Å². The van der Waals surface area contributed by atoms with E-state index in [9.17, 15) is 0 Å². The average Bonchev–Trinajstić information content (AvgIpc) is 3.29. The van der Waals surface area contributed by atoms with Crippen LogP contribution in [0.25, 0.3) is 0 Å². The van der Waals surface area contributed by atoms with E-state index in [0.717, 1.165) is 43.6 Å². The molecule has 0 saturated carbocycles. The van der Waals surface area contributed by atoms with Gasteiger partial charge in [-0.1, -0.05) is 24.3 Å². The molecule has 2 unspecified atom stereocenters. The molecule has 0 bridgehead atoms. The van der Waals surface area contributed by atoms with Crippen molar-refractivity contribution in [2.45, 2.75) is 52.3 Å². The fourth-order valence-electron chi connectivity index (χ4n) is 3.26. The number of nitrogens with one attached hydrogen (secondary N) is 2. The van der Waals surface area contributed by atoms with Gasteiger partial charge in [0.1, 0.15) is 12.4 Å². The smallest absolute Gasteiger partial charge is 0.192 e. The maximum absolute atomic E-state index is 5.73. The molecule has 28 heavy (non-hydrogen) atoms. The summed E-state index contributed by atoms with van der Waals surface area (Å²) in [6, 6.07) is 8.55. The second kappa shape index (κ2) is 10.8. The third-order valence-corrected chi connectivity index (χ3v) is 5.09. The van der Waals surface area contributed by atoms with Crippen LogP contribution in [0.5, 0.6) is 0 Å². The van der Waals surface area contributed by atoms with Crippen LogP contribution in [0.2, 0.25) is 0 Å². The number of aromatic nitrogens is 3. The summed E-state index contributed by atoms with van der Waals surface area (Å²) in [7, 11) is 1.96. The Bertz CT molecular complexity index is 785. The predicted octanol–water partition coefficient (Wildman–Crippen LogP) is 3.03. The highest BCUT2D eigenvalue weighted by Gasteiger charge is 2.17. The van der Waals surface area contributed by atoms with Crippen LogP contribution in [0.3, 0.4) is 0 Å². The Labute approximate surface area is 184 Å². The second-order valence-electron chi connectivity index (χ2n) is 7.13. The van der Waals surface area contributed by atoms with Gasteiger partial charge in [0.05, 0.1) is 12.1 Å². The molecule has 0 radical (unpaired) electrons. The first kappa shape index (κ1) is 22.6. The average molecular weight is 498 g/mol. The van der Waals surface area contributed by atoms with Gasteiger partial charge < -0.3 is 19.9 Å². The Kier molecular flexibility index (Phi) is 8.68. The van der Waals surface area contributed by atoms with Gasteiger partial charge >= 0.3 is 0 Å². The van der Waals surface area contributed by atoms with Crippen LogP contribution in [0.4, 0.5) is 0 Å². The van der Waals surface area contributed by atoms with Gasteiger partial charge in [0.25, 0.3) is 0 Å². The number of halogens is 1. The Morgan fingerprint density at radius 1 is 1.32 bits per heavy atom. The number of aryl methyl sites for hydroxylation is 2. The normalized spacial score (nSPS) is 17.9. The fourth-order valence-corrected chi connectivity index (χ4v) is 3.26. The number of hydrogen-bond donors (Lipinski definition) is 2. The maximum atomic E-state index is 5.73. The largest absolute Gasteiger partial charge is 0.376 e. The van der Waals surface area contributed by atoms with Crippen molar-refractivity contribution in [3.05, 3.63) is 47.0 Å². The van der Waals surface area contributed by atoms with E-state index >= 15 is 0 Å². The van der Waals surface area contributed by atoms with Gasteiger partial charge in [-0.3, -0.25) is 0 Å². The van der Waals surface area contributed by atoms with Crippen molar-refractivity contribution in [2.24, 2.45) is 12.0 Å². The summed E-state index contributed by atoms with van der Waals surface area (Å²) in [5.74, 6) is 2.49. The Morgan fingerprint density at radius 2 is 2.11 bits per heavy atom. The van der Waals surface area contributed by atoms with E-state index in [1.165, 1.54) is 11.1 Å². The molecular formula is C20H31IN6O. The van der Waals surface area contributed by atoms with Crippen LogP contribution in [0.1, 0.15) is 48.6 Å². The number of ether oxygens (including phenoxy) is 1. The molecule has 0 spiro atoms. The van der Waals surface area contributed by atoms with Gasteiger partial charge in [-0.25, -0.2) is 4.99 Å². The molecule has 0 amide bonds. The molecule has 154 valence electrons. The summed E-state index contributed by atoms with van der Waals surface area (Å²) in [6.45, 7) is 8.30. The molecule has 0 aliphatic carbocycles. The molecule has 8 heteroatoms. The van der Waals surface area contributed by atoms with E-state index in [-0.39, 0.29) is 36.1 Å². The zero-order valence-electron chi connectivity index (χ0n) is 17.1. The van der Waals surface area contributed by atoms with Crippen LogP contribution in [-0.4, -0.2) is 40.0 Å². The van der Waals surface area contributed by atoms with Crippen molar-refractivity contribution in [3.63, 3.8) is 0 Å². The quantitative estimate of drug-likeness (QED) is 0.364. The number of guanidine groups is 1. The molecule has 1 saturated heterocycles. The number of nitrogens with zero attached hydrogens (tertiary/aromatic N) is 4. The van der Waals surface area contributed by atoms with E-state index in [1.807, 2.05) is 18.5 Å². The van der Waals surface area contributed by atoms with Gasteiger partial charge in [-0.05, 0) is 44.7 Å². The molecule has 2 aromatic rings. The third-order valence-electron chi connectivity index (χ3n) is 5.09. The number of aliphatic imine (C=N–C) groups is 1. The monoisotopic (exact) mass is 498 g/mol. The SMILES string of the molecule is Cc1ccccc1C(C)NC(=NCc1nnc(C)n1C)NCC1CCCO1.I. The highest BCUT2D eigenvalue weighted by Crippen LogP contribution is 2.16. The Morgan fingerprint density at radius 3 is 2.75 bits per heavy atom. The topological polar surface area (TPSA) is 76.4 Å². The molecule has 3 rings (SSSR count). The van der Waals surface area contributed by atoms with E-state index in [0.29, 0.717) is 6.54 Å². The molecule has 1 aliphatic rings. The number of hydrogen-bond acceptors (Lipinski definition) is 4. The lowest BCUT2D eigenvalue weighted by Crippen LogP contribution is -2.42. The first-order valence-corrected chi connectivity index (χ1v) is 9.61. The van der Waals surface area contributed by atoms with Gasteiger partial charge in [0, 0.05) is 20.2 Å². The van der Waals surface area contributed by atoms with Crippen molar-refractivity contribution in [3.8, 4) is 0 Å². The third kappa shape index (κ3) is 5.91. The first-order valence-electron chi connectivity index (χ1n) is 9.61. The van der Waals surface area contributed by atoms with Crippen LogP contribution in [-0.2, 0) is 18.3 Å². The zero-order valence-corrected chi connectivity index (χ0v) is 19.4. The van der Waals surface area contributed by atoms with Crippen molar-refractivity contribution in [1.82, 2.24) is 25.4 Å². The fraction of sp³-hybridized carbons (Fsp3) is 0.550. The minimum Gasteiger partial charge on any atom is -0.376 e. The molecule has 1 fully saturated rings. The highest BCUT2D eigenvalue weighted by molar-refractivity contribution is 14.0. The molecule has 2 N–H and O–H groups in total. The summed E-state index contributed by atoms with van der Waals surface area (Å²) in [5, 5.41) is 15.3. The van der Waals surface area contributed by atoms with Crippen LogP contribution in [0, 0.1) is 13.8 Å². The summed E-state index contributed by atoms with van der Waals surface area (Å²) < 4.78 is 7.69. The summed E-state index contributed by atoms with van der Waals surface area (Å²) in [4.78, 5) is 4.74. The van der Waals surface area contributed by atoms with Crippen LogP contribution >= 0.6 is 24.0 Å². The van der Waals surface area contributed by atoms with Crippen molar-refractivity contribution >= 4 is 29.9 Å². The van der Waals surface area contributed by atoms with E-state index in [2.05, 4.69) is 58.9 Å². The second-order valence-corrected chi connectivity index (χ2v) is 7.13. The van der Waals surface area contributed by atoms with Crippen LogP contribution in [0.15, 0.2) is 29.3 Å². The summed E-state index contributed by atoms with van der Waals surface area (Å²) >= 11 is 0. The van der Waals surface area contributed by atoms with Crippen LogP contribution < -0.4 is 10.6 Å². The molecule has 1 aromatic heterocycles. The van der Waals surface area contributed by atoms with E-state index in [1.54, 1.807) is 0 Å². The van der Waals surface area contributed by atoms with Gasteiger partial charge in [0.15, 0.2) is 11.8 Å². The summed E-state index contributed by atoms with van der Waals surface area (Å²) in [6.07, 6.45) is 2.48. The van der Waals surface area contributed by atoms with Gasteiger partial charge in [-0.2, -0.15) is 0 Å². The maximum Gasteiger partial charge on any atom is 0.192 e. The minimum atomic E-state index is 0. The molecule has 1 aliphatic heterocycles. The Hall–Kier alpha value is -1.68. The van der Waals surface area contributed by atoms with Crippen molar-refractivity contribution in [1.29, 1.82) is 0 Å². The molecule has 2 heterocycles. The zero-order chi connectivity index (χ0) is 19.2. The van der Waals surface area contributed by atoms with Crippen molar-refractivity contribution in [2.75, 3.05) is 13.2 Å². The lowest BCUT2D eigenvalue weighted by Gasteiger charge is -2.21. The molecule has 7 nitrogen and oxygen atoms in total. The number of rotatable bonds is 6. The molecule has 1 aromatic carbocycles. The lowest BCUT2D eigenvalue weighted by molar-refractivity contribution is 0.113. The van der Waals surface area contributed by atoms with E-state index < -0.39 is 0 Å². The first-order chi connectivity index (χ1) is 13.0. The molecule has 2 atom stereocenters.